The minimum Gasteiger partial charge on any atom is -0.508 e. The molecule has 6 nitrogen and oxygen atoms in total. The molecule has 1 fully saturated rings. The highest BCUT2D eigenvalue weighted by molar-refractivity contribution is 5.73. The quantitative estimate of drug-likeness (QED) is 0.618. The molecule has 1 saturated heterocycles. The van der Waals surface area contributed by atoms with Crippen LogP contribution in [0.4, 0.5) is 18.9 Å². The van der Waals surface area contributed by atoms with E-state index in [0.29, 0.717) is 5.75 Å². The fraction of sp³-hybridized carbons (Fsp3) is 0.381. The number of anilines is 1. The van der Waals surface area contributed by atoms with Crippen molar-refractivity contribution in [1.82, 2.24) is 4.90 Å². The van der Waals surface area contributed by atoms with Crippen LogP contribution in [-0.4, -0.2) is 53.5 Å². The van der Waals surface area contributed by atoms with Crippen LogP contribution in [0.15, 0.2) is 48.5 Å². The Morgan fingerprint density at radius 1 is 1.03 bits per heavy atom. The normalized spacial score (nSPS) is 14.0. The Labute approximate surface area is 172 Å². The minimum atomic E-state index is -5.08. The van der Waals surface area contributed by atoms with Gasteiger partial charge in [-0.15, -0.1) is 0 Å². The number of alkyl halides is 3. The first kappa shape index (κ1) is 23.3. The largest absolute Gasteiger partial charge is 0.508 e. The number of hydrogen-bond acceptors (Lipinski definition) is 5. The molecule has 30 heavy (non-hydrogen) atoms. The van der Waals surface area contributed by atoms with E-state index in [1.165, 1.54) is 25.9 Å². The molecule has 0 aromatic heterocycles. The van der Waals surface area contributed by atoms with Crippen LogP contribution in [0, 0.1) is 0 Å². The number of likely N-dealkylation sites (tertiary alicyclic amines) is 1. The van der Waals surface area contributed by atoms with Crippen LogP contribution in [0.25, 0.3) is 0 Å². The summed E-state index contributed by atoms with van der Waals surface area (Å²) in [5, 5.41) is 19.8. The van der Waals surface area contributed by atoms with E-state index in [-0.39, 0.29) is 0 Å². The van der Waals surface area contributed by atoms with Crippen LogP contribution in [0.5, 0.6) is 11.5 Å². The van der Waals surface area contributed by atoms with Crippen molar-refractivity contribution >= 4 is 11.7 Å². The summed E-state index contributed by atoms with van der Waals surface area (Å²) in [5.74, 6) is -1.55. The average molecular weight is 426 g/mol. The number of aliphatic carboxylic acids is 1. The van der Waals surface area contributed by atoms with Gasteiger partial charge >= 0.3 is 12.1 Å². The van der Waals surface area contributed by atoms with Crippen molar-refractivity contribution in [3.8, 4) is 11.5 Å². The lowest BCUT2D eigenvalue weighted by Crippen LogP contribution is -2.25. The Kier molecular flexibility index (Phi) is 8.79. The monoisotopic (exact) mass is 426 g/mol. The molecule has 0 spiro atoms. The van der Waals surface area contributed by atoms with Gasteiger partial charge in [0.25, 0.3) is 0 Å². The van der Waals surface area contributed by atoms with E-state index in [1.807, 2.05) is 36.4 Å². The zero-order valence-electron chi connectivity index (χ0n) is 16.4. The van der Waals surface area contributed by atoms with Gasteiger partial charge in [0.15, 0.2) is 0 Å². The highest BCUT2D eigenvalue weighted by atomic mass is 19.4. The van der Waals surface area contributed by atoms with E-state index in [4.69, 9.17) is 14.6 Å². The minimum absolute atomic E-state index is 0.296. The molecule has 0 radical (unpaired) electrons. The molecule has 2 aromatic rings. The molecule has 164 valence electrons. The van der Waals surface area contributed by atoms with Gasteiger partial charge in [-0.3, -0.25) is 4.90 Å². The molecule has 0 atom stereocenters. The number of rotatable bonds is 7. The van der Waals surface area contributed by atoms with Crippen LogP contribution in [0.1, 0.15) is 18.4 Å². The summed E-state index contributed by atoms with van der Waals surface area (Å²) in [6, 6.07) is 15.3. The average Bonchev–Trinajstić information content (AvgIpc) is 3.22. The van der Waals surface area contributed by atoms with Gasteiger partial charge in [-0.1, -0.05) is 12.1 Å². The van der Waals surface area contributed by atoms with Gasteiger partial charge in [0, 0.05) is 18.8 Å². The van der Waals surface area contributed by atoms with Gasteiger partial charge in [0.2, 0.25) is 0 Å². The van der Waals surface area contributed by atoms with Gasteiger partial charge in [0.05, 0.1) is 0 Å². The molecule has 0 bridgehead atoms. The van der Waals surface area contributed by atoms with E-state index in [9.17, 15) is 18.3 Å². The summed E-state index contributed by atoms with van der Waals surface area (Å²) in [4.78, 5) is 11.3. The van der Waals surface area contributed by atoms with Gasteiger partial charge in [0.1, 0.15) is 18.1 Å². The summed E-state index contributed by atoms with van der Waals surface area (Å²) in [7, 11) is 0. The lowest BCUT2D eigenvalue weighted by atomic mass is 10.2. The molecule has 1 aliphatic heterocycles. The molecule has 0 aliphatic carbocycles. The van der Waals surface area contributed by atoms with Crippen molar-refractivity contribution in [2.45, 2.75) is 25.6 Å². The zero-order valence-corrected chi connectivity index (χ0v) is 16.4. The number of benzene rings is 2. The summed E-state index contributed by atoms with van der Waals surface area (Å²) in [6.45, 7) is 4.92. The van der Waals surface area contributed by atoms with E-state index >= 15 is 0 Å². The SMILES string of the molecule is O=C(O)C(F)(F)F.Oc1ccc(CNc2ccc(OCCN3CCCC3)cc2)cc1. The second kappa shape index (κ2) is 11.3. The lowest BCUT2D eigenvalue weighted by molar-refractivity contribution is -0.192. The highest BCUT2D eigenvalue weighted by Gasteiger charge is 2.38. The fourth-order valence-corrected chi connectivity index (χ4v) is 2.79. The summed E-state index contributed by atoms with van der Waals surface area (Å²) < 4.78 is 37.5. The third-order valence-corrected chi connectivity index (χ3v) is 4.40. The van der Waals surface area contributed by atoms with E-state index in [0.717, 1.165) is 36.7 Å². The van der Waals surface area contributed by atoms with Gasteiger partial charge in [-0.2, -0.15) is 13.2 Å². The Morgan fingerprint density at radius 3 is 2.13 bits per heavy atom. The Hall–Kier alpha value is -2.94. The number of phenolic OH excluding ortho intramolecular Hbond substituents is 1. The molecule has 1 heterocycles. The summed E-state index contributed by atoms with van der Waals surface area (Å²) >= 11 is 0. The molecule has 1 aliphatic rings. The van der Waals surface area contributed by atoms with Crippen LogP contribution in [0.3, 0.4) is 0 Å². The lowest BCUT2D eigenvalue weighted by Gasteiger charge is -2.15. The number of halogens is 3. The van der Waals surface area contributed by atoms with Crippen molar-refractivity contribution in [3.63, 3.8) is 0 Å². The number of carboxylic acids is 1. The number of ether oxygens (including phenoxy) is 1. The number of phenols is 1. The number of nitrogens with one attached hydrogen (secondary N) is 1. The molecule has 3 rings (SSSR count). The Morgan fingerprint density at radius 2 is 1.60 bits per heavy atom. The van der Waals surface area contributed by atoms with Gasteiger partial charge in [-0.25, -0.2) is 4.79 Å². The van der Waals surface area contributed by atoms with E-state index in [2.05, 4.69) is 10.2 Å². The fourth-order valence-electron chi connectivity index (χ4n) is 2.79. The van der Waals surface area contributed by atoms with Crippen LogP contribution >= 0.6 is 0 Å². The number of hydrogen-bond donors (Lipinski definition) is 3. The first-order valence-corrected chi connectivity index (χ1v) is 9.51. The topological polar surface area (TPSA) is 82.0 Å². The molecule has 0 amide bonds. The van der Waals surface area contributed by atoms with Crippen molar-refractivity contribution < 1.29 is 32.9 Å². The van der Waals surface area contributed by atoms with Gasteiger partial charge < -0.3 is 20.3 Å². The number of carbonyl (C=O) groups is 1. The third kappa shape index (κ3) is 8.60. The number of carboxylic acid groups (broad SMARTS) is 1. The second-order valence-electron chi connectivity index (χ2n) is 6.74. The highest BCUT2D eigenvalue weighted by Crippen LogP contribution is 2.17. The van der Waals surface area contributed by atoms with Crippen LogP contribution in [0.2, 0.25) is 0 Å². The zero-order chi connectivity index (χ0) is 22.0. The molecule has 3 N–H and O–H groups in total. The summed E-state index contributed by atoms with van der Waals surface area (Å²) in [5.41, 5.74) is 2.19. The maximum atomic E-state index is 10.6. The number of aromatic hydroxyl groups is 1. The van der Waals surface area contributed by atoms with Gasteiger partial charge in [-0.05, 0) is 67.9 Å². The molecular weight excluding hydrogens is 401 g/mol. The standard InChI is InChI=1S/C19H24N2O2.C2HF3O2/c22-18-7-3-16(4-8-18)15-20-17-5-9-19(10-6-17)23-14-13-21-11-1-2-12-21;3-2(4,5)1(6)7/h3-10,20,22H,1-2,11-15H2;(H,6,7). The molecule has 9 heteroatoms. The van der Waals surface area contributed by atoms with E-state index < -0.39 is 12.1 Å². The summed E-state index contributed by atoms with van der Waals surface area (Å²) in [6.07, 6.45) is -2.44. The Bertz CT molecular complexity index is 774. The van der Waals surface area contributed by atoms with Crippen molar-refractivity contribution in [2.75, 3.05) is 31.6 Å². The number of nitrogens with zero attached hydrogens (tertiary/aromatic N) is 1. The molecule has 0 saturated carbocycles. The predicted molar refractivity (Wildman–Crippen MR) is 107 cm³/mol. The predicted octanol–water partition coefficient (Wildman–Crippen LogP) is 4.11. The first-order chi connectivity index (χ1) is 14.2. The van der Waals surface area contributed by atoms with Crippen molar-refractivity contribution in [3.05, 3.63) is 54.1 Å². The third-order valence-electron chi connectivity index (χ3n) is 4.40. The molecule has 2 aromatic carbocycles. The maximum Gasteiger partial charge on any atom is 0.490 e. The first-order valence-electron chi connectivity index (χ1n) is 9.51. The van der Waals surface area contributed by atoms with E-state index in [1.54, 1.807) is 12.1 Å². The smallest absolute Gasteiger partial charge is 0.490 e. The van der Waals surface area contributed by atoms with Crippen LogP contribution in [-0.2, 0) is 11.3 Å². The van der Waals surface area contributed by atoms with Crippen molar-refractivity contribution in [2.24, 2.45) is 0 Å². The maximum absolute atomic E-state index is 10.6. The molecule has 0 unspecified atom stereocenters. The van der Waals surface area contributed by atoms with Crippen molar-refractivity contribution in [1.29, 1.82) is 0 Å². The molecular formula is C21H25F3N2O4. The van der Waals surface area contributed by atoms with Crippen LogP contribution < -0.4 is 10.1 Å². The second-order valence-corrected chi connectivity index (χ2v) is 6.74. The Balaban J connectivity index is 0.000000396.